The van der Waals surface area contributed by atoms with Gasteiger partial charge in [-0.3, -0.25) is 14.6 Å². The molecule has 4 aromatic rings. The molecule has 1 aliphatic heterocycles. The molecule has 0 unspecified atom stereocenters. The Morgan fingerprint density at radius 2 is 1.47 bits per heavy atom. The van der Waals surface area contributed by atoms with Crippen LogP contribution in [0.4, 0.5) is 0 Å². The second-order valence-electron chi connectivity index (χ2n) is 8.30. The third kappa shape index (κ3) is 5.67. The van der Waals surface area contributed by atoms with Crippen LogP contribution in [0.15, 0.2) is 96.2 Å². The predicted octanol–water partition coefficient (Wildman–Crippen LogP) is 3.58. The molecular weight excluding hydrogens is 458 g/mol. The molecule has 3 heterocycles. The van der Waals surface area contributed by atoms with Crippen LogP contribution in [0.25, 0.3) is 0 Å². The van der Waals surface area contributed by atoms with E-state index < -0.39 is 28.6 Å². The van der Waals surface area contributed by atoms with Gasteiger partial charge in [0.2, 0.25) is 5.43 Å². The van der Waals surface area contributed by atoms with Gasteiger partial charge in [-0.1, -0.05) is 66.7 Å². The Labute approximate surface area is 207 Å². The Kier molecular flexibility index (Phi) is 7.55. The summed E-state index contributed by atoms with van der Waals surface area (Å²) in [6.45, 7) is 0.915. The number of aromatic carboxylic acids is 1. The lowest BCUT2D eigenvalue weighted by atomic mass is 10.1. The summed E-state index contributed by atoms with van der Waals surface area (Å²) >= 11 is 0. The number of nitrogens with zero attached hydrogens (tertiary/aromatic N) is 3. The van der Waals surface area contributed by atoms with E-state index in [4.69, 9.17) is 5.11 Å². The maximum Gasteiger partial charge on any atom is 0.341 e. The molecule has 0 spiro atoms. The van der Waals surface area contributed by atoms with Crippen LogP contribution >= 0.6 is 0 Å². The Bertz CT molecular complexity index is 1370. The van der Waals surface area contributed by atoms with Crippen LogP contribution in [0.5, 0.6) is 5.75 Å². The van der Waals surface area contributed by atoms with Gasteiger partial charge in [0.15, 0.2) is 11.4 Å². The Morgan fingerprint density at radius 1 is 0.861 bits per heavy atom. The van der Waals surface area contributed by atoms with Gasteiger partial charge >= 0.3 is 5.97 Å². The number of aromatic nitrogens is 2. The van der Waals surface area contributed by atoms with Gasteiger partial charge in [0.25, 0.3) is 5.91 Å². The van der Waals surface area contributed by atoms with Gasteiger partial charge in [0, 0.05) is 38.2 Å². The first-order chi connectivity index (χ1) is 17.4. The minimum atomic E-state index is -1.44. The smallest absolute Gasteiger partial charge is 0.341 e. The van der Waals surface area contributed by atoms with E-state index in [0.717, 1.165) is 18.2 Å². The van der Waals surface area contributed by atoms with E-state index in [1.54, 1.807) is 18.5 Å². The van der Waals surface area contributed by atoms with E-state index in [1.165, 1.54) is 20.6 Å². The van der Waals surface area contributed by atoms with E-state index in [2.05, 4.69) is 65.6 Å². The van der Waals surface area contributed by atoms with Crippen molar-refractivity contribution in [3.63, 3.8) is 0 Å². The summed E-state index contributed by atoms with van der Waals surface area (Å²) in [6.07, 6.45) is 5.37. The number of carbonyl (C=O) groups excluding carboxylic acids is 1. The highest BCUT2D eigenvalue weighted by Gasteiger charge is 2.30. The first-order valence-corrected chi connectivity index (χ1v) is 11.4. The van der Waals surface area contributed by atoms with Crippen molar-refractivity contribution in [2.24, 2.45) is 0 Å². The summed E-state index contributed by atoms with van der Waals surface area (Å²) in [6, 6.07) is 24.6. The van der Waals surface area contributed by atoms with Crippen molar-refractivity contribution in [3.05, 3.63) is 130 Å². The quantitative estimate of drug-likeness (QED) is 0.449. The molecule has 8 heteroatoms. The van der Waals surface area contributed by atoms with Crippen molar-refractivity contribution in [1.82, 2.24) is 14.5 Å². The van der Waals surface area contributed by atoms with Crippen LogP contribution in [0.1, 0.15) is 37.5 Å². The Hall–Kier alpha value is -4.72. The van der Waals surface area contributed by atoms with Crippen LogP contribution in [-0.2, 0) is 19.5 Å². The standard InChI is InChI=1S/C15H13N3O5.C13H12/c19-12-10(15(22)23)8-17-4-5-18(14(21)11(17)13(12)20)7-9-2-1-3-16-6-9;1-3-7-12(8-4-1)11-13-9-5-2-6-10-13/h1-3,6,8,20H,4-5,7H2,(H,22,23);1-10H,11H2. The minimum Gasteiger partial charge on any atom is -0.503 e. The van der Waals surface area contributed by atoms with Gasteiger partial charge in [-0.05, 0) is 29.2 Å². The van der Waals surface area contributed by atoms with Crippen molar-refractivity contribution in [3.8, 4) is 5.75 Å². The number of fused-ring (bicyclic) bond motifs is 1. The lowest BCUT2D eigenvalue weighted by molar-refractivity contribution is 0.0663. The number of benzene rings is 2. The second kappa shape index (κ2) is 11.1. The molecule has 0 bridgehead atoms. The molecule has 0 saturated carbocycles. The maximum atomic E-state index is 12.5. The molecular formula is C28H25N3O5. The molecule has 182 valence electrons. The number of amides is 1. The number of hydrogen-bond donors (Lipinski definition) is 2. The van der Waals surface area contributed by atoms with Crippen LogP contribution in [-0.4, -0.2) is 43.1 Å². The third-order valence-electron chi connectivity index (χ3n) is 5.78. The summed E-state index contributed by atoms with van der Waals surface area (Å²) in [5.74, 6) is -2.79. The average molecular weight is 484 g/mol. The van der Waals surface area contributed by atoms with Crippen molar-refractivity contribution >= 4 is 11.9 Å². The van der Waals surface area contributed by atoms with Gasteiger partial charge in [0.05, 0.1) is 0 Å². The SMILES string of the molecule is O=C(O)c1cn2c(c(O)c1=O)C(=O)N(Cc1cccnc1)CC2.c1ccc(Cc2ccccc2)cc1. The average Bonchev–Trinajstić information content (AvgIpc) is 2.90. The van der Waals surface area contributed by atoms with E-state index in [0.29, 0.717) is 13.1 Å². The van der Waals surface area contributed by atoms with E-state index in [1.807, 2.05) is 6.07 Å². The van der Waals surface area contributed by atoms with Gasteiger partial charge in [-0.25, -0.2) is 4.79 Å². The molecule has 1 amide bonds. The monoisotopic (exact) mass is 483 g/mol. The van der Waals surface area contributed by atoms with Crippen LogP contribution in [0.2, 0.25) is 0 Å². The molecule has 0 atom stereocenters. The second-order valence-corrected chi connectivity index (χ2v) is 8.30. The summed E-state index contributed by atoms with van der Waals surface area (Å²) in [5.41, 5.74) is 1.76. The number of carboxylic acids is 1. The zero-order chi connectivity index (χ0) is 25.5. The molecule has 2 N–H and O–H groups in total. The molecule has 8 nitrogen and oxygen atoms in total. The predicted molar refractivity (Wildman–Crippen MR) is 134 cm³/mol. The van der Waals surface area contributed by atoms with Gasteiger partial charge in [-0.2, -0.15) is 0 Å². The normalized spacial score (nSPS) is 12.3. The lowest BCUT2D eigenvalue weighted by Crippen LogP contribution is -2.41. The number of carboxylic acid groups (broad SMARTS) is 1. The molecule has 2 aromatic heterocycles. The number of aromatic hydroxyl groups is 1. The van der Waals surface area contributed by atoms with Crippen molar-refractivity contribution in [2.45, 2.75) is 19.5 Å². The highest BCUT2D eigenvalue weighted by atomic mass is 16.4. The third-order valence-corrected chi connectivity index (χ3v) is 5.78. The Balaban J connectivity index is 0.000000197. The topological polar surface area (TPSA) is 113 Å². The molecule has 0 aliphatic carbocycles. The highest BCUT2D eigenvalue weighted by Crippen LogP contribution is 2.21. The summed E-state index contributed by atoms with van der Waals surface area (Å²) in [4.78, 5) is 40.9. The molecule has 0 radical (unpaired) electrons. The van der Waals surface area contributed by atoms with Crippen LogP contribution < -0.4 is 5.43 Å². The van der Waals surface area contributed by atoms with Crippen molar-refractivity contribution in [2.75, 3.05) is 6.54 Å². The molecule has 1 aliphatic rings. The summed E-state index contributed by atoms with van der Waals surface area (Å²) < 4.78 is 1.31. The zero-order valence-corrected chi connectivity index (χ0v) is 19.4. The first kappa shape index (κ1) is 24.4. The van der Waals surface area contributed by atoms with Crippen LogP contribution in [0.3, 0.4) is 0 Å². The number of carbonyl (C=O) groups is 2. The Morgan fingerprint density at radius 3 is 2.03 bits per heavy atom. The van der Waals surface area contributed by atoms with Crippen LogP contribution in [0, 0.1) is 0 Å². The van der Waals surface area contributed by atoms with Gasteiger partial charge in [0.1, 0.15) is 5.56 Å². The van der Waals surface area contributed by atoms with Crippen molar-refractivity contribution in [1.29, 1.82) is 0 Å². The number of rotatable bonds is 5. The van der Waals surface area contributed by atoms with E-state index in [-0.39, 0.29) is 12.2 Å². The highest BCUT2D eigenvalue weighted by molar-refractivity contribution is 5.97. The summed E-state index contributed by atoms with van der Waals surface area (Å²) in [7, 11) is 0. The molecule has 2 aromatic carbocycles. The van der Waals surface area contributed by atoms with Gasteiger partial charge in [-0.15, -0.1) is 0 Å². The maximum absolute atomic E-state index is 12.5. The fraction of sp³-hybridized carbons (Fsp3) is 0.143. The molecule has 36 heavy (non-hydrogen) atoms. The van der Waals surface area contributed by atoms with Gasteiger partial charge < -0.3 is 19.7 Å². The van der Waals surface area contributed by atoms with E-state index in [9.17, 15) is 19.5 Å². The summed E-state index contributed by atoms with van der Waals surface area (Å²) in [5, 5.41) is 18.9. The zero-order valence-electron chi connectivity index (χ0n) is 19.4. The molecule has 0 fully saturated rings. The van der Waals surface area contributed by atoms with E-state index >= 15 is 0 Å². The van der Waals surface area contributed by atoms with Crippen molar-refractivity contribution < 1.29 is 19.8 Å². The molecule has 0 saturated heterocycles. The fourth-order valence-corrected chi connectivity index (χ4v) is 3.97. The molecule has 5 rings (SSSR count). The largest absolute Gasteiger partial charge is 0.503 e. The first-order valence-electron chi connectivity index (χ1n) is 11.4. The minimum absolute atomic E-state index is 0.185. The number of pyridine rings is 2. The fourth-order valence-electron chi connectivity index (χ4n) is 3.97. The number of hydrogen-bond acceptors (Lipinski definition) is 5. The lowest BCUT2D eigenvalue weighted by Gasteiger charge is -2.30.